The minimum Gasteiger partial charge on any atom is -0.229 e. The Morgan fingerprint density at radius 2 is 1.14 bits per heavy atom. The van der Waals surface area contributed by atoms with Crippen LogP contribution in [0.4, 0.5) is 4.39 Å². The molecule has 14 heavy (non-hydrogen) atoms. The van der Waals surface area contributed by atoms with Gasteiger partial charge in [-0.3, -0.25) is 0 Å². The van der Waals surface area contributed by atoms with Gasteiger partial charge in [-0.2, -0.15) is 0 Å². The van der Waals surface area contributed by atoms with Crippen LogP contribution < -0.4 is 0 Å². The van der Waals surface area contributed by atoms with Gasteiger partial charge in [0.1, 0.15) is 6.47 Å². The third-order valence-electron chi connectivity index (χ3n) is 2.07. The molecule has 0 N–H and O–H groups in total. The van der Waals surface area contributed by atoms with Crippen molar-refractivity contribution in [3.05, 3.63) is 0 Å². The molecular weight excluding hydrogens is 650 g/mol. The van der Waals surface area contributed by atoms with E-state index in [1.807, 2.05) is 0 Å². The first kappa shape index (κ1) is 15.3. The lowest BCUT2D eigenvalue weighted by Crippen LogP contribution is -2.60. The summed E-state index contributed by atoms with van der Waals surface area (Å²) >= 11 is 23.8. The van der Waals surface area contributed by atoms with Crippen molar-refractivity contribution in [1.82, 2.24) is 0 Å². The van der Waals surface area contributed by atoms with E-state index in [0.29, 0.717) is 12.8 Å². The summed E-state index contributed by atoms with van der Waals surface area (Å²) in [5, 5.41) is 0. The summed E-state index contributed by atoms with van der Waals surface area (Å²) in [4.78, 5) is 0. The number of halogens is 8. The van der Waals surface area contributed by atoms with Crippen LogP contribution in [0.15, 0.2) is 0 Å². The largest absolute Gasteiger partial charge is 0.229 e. The number of hydrogen-bond donors (Lipinski definition) is 0. The van der Waals surface area contributed by atoms with Crippen molar-refractivity contribution >= 4 is 112 Å². The molecule has 0 spiro atoms. The quantitative estimate of drug-likeness (QED) is 0.269. The van der Waals surface area contributed by atoms with Crippen molar-refractivity contribution < 1.29 is 4.39 Å². The molecule has 0 aliphatic heterocycles. The molecule has 1 atom stereocenters. The molecule has 84 valence electrons. The maximum absolute atomic E-state index is 14.2. The minimum atomic E-state index is -1.54. The van der Waals surface area contributed by atoms with Gasteiger partial charge in [0.15, 0.2) is 7.81 Å². The van der Waals surface area contributed by atoms with Gasteiger partial charge >= 0.3 is 0 Å². The highest BCUT2D eigenvalue weighted by molar-refractivity contribution is 9.33. The predicted molar refractivity (Wildman–Crippen MR) is 83.8 cm³/mol. The Kier molecular flexibility index (Phi) is 4.87. The minimum absolute atomic E-state index is 0.360. The van der Waals surface area contributed by atoms with Crippen LogP contribution in [0.2, 0.25) is 0 Å². The third-order valence-corrected chi connectivity index (χ3v) is 15.4. The molecule has 1 unspecified atom stereocenters. The normalized spacial score (nSPS) is 39.4. The van der Waals surface area contributed by atoms with Gasteiger partial charge in [0, 0.05) is 0 Å². The van der Waals surface area contributed by atoms with Crippen molar-refractivity contribution in [3.63, 3.8) is 0 Å². The van der Waals surface area contributed by atoms with Gasteiger partial charge in [-0.1, -0.05) is 95.6 Å². The lowest BCUT2D eigenvalue weighted by molar-refractivity contribution is 0.220. The molecule has 1 saturated carbocycles. The maximum Gasteiger partial charge on any atom is 0.192 e. The molecule has 0 aromatic carbocycles. The molecule has 8 heteroatoms. The van der Waals surface area contributed by atoms with Gasteiger partial charge in [0.05, 0.1) is 0 Å². The van der Waals surface area contributed by atoms with Crippen molar-refractivity contribution in [1.29, 1.82) is 0 Å². The molecule has 1 rings (SSSR count). The molecule has 1 fully saturated rings. The second-order valence-corrected chi connectivity index (χ2v) is 15.0. The Hall–Kier alpha value is 3.29. The Bertz CT molecular complexity index is 221. The number of hydrogen-bond acceptors (Lipinski definition) is 0. The molecule has 1 aliphatic carbocycles. The SMILES string of the molecule is FC1(Br)CCC(Br)(Br)C(Br)(Br)C1(Br)Br. The van der Waals surface area contributed by atoms with E-state index in [4.69, 9.17) is 0 Å². The Morgan fingerprint density at radius 1 is 0.714 bits per heavy atom. The van der Waals surface area contributed by atoms with Gasteiger partial charge < -0.3 is 0 Å². The summed E-state index contributed by atoms with van der Waals surface area (Å²) in [6, 6.07) is 0. The number of rotatable bonds is 0. The summed E-state index contributed by atoms with van der Waals surface area (Å²) in [5.41, 5.74) is 0. The Morgan fingerprint density at radius 3 is 1.50 bits per heavy atom. The van der Waals surface area contributed by atoms with Gasteiger partial charge in [0.25, 0.3) is 0 Å². The topological polar surface area (TPSA) is 0 Å². The highest BCUT2D eigenvalue weighted by Gasteiger charge is 2.69. The molecule has 0 aromatic rings. The smallest absolute Gasteiger partial charge is 0.192 e. The highest BCUT2D eigenvalue weighted by atomic mass is 79.9. The van der Waals surface area contributed by atoms with Crippen LogP contribution in [0, 0.1) is 0 Å². The molecule has 0 amide bonds. The van der Waals surface area contributed by atoms with Crippen LogP contribution in [0.1, 0.15) is 12.8 Å². The van der Waals surface area contributed by atoms with Gasteiger partial charge in [-0.25, -0.2) is 4.39 Å². The Labute approximate surface area is 141 Å². The average Bonchev–Trinajstić information content (AvgIpc) is 1.98. The fourth-order valence-electron chi connectivity index (χ4n) is 1.09. The molecule has 1 aliphatic rings. The van der Waals surface area contributed by atoms with Crippen molar-refractivity contribution in [2.24, 2.45) is 0 Å². The highest BCUT2D eigenvalue weighted by Crippen LogP contribution is 2.70. The van der Waals surface area contributed by atoms with Gasteiger partial charge in [0.2, 0.25) is 0 Å². The predicted octanol–water partition coefficient (Wildman–Crippen LogP) is 6.30. The van der Waals surface area contributed by atoms with Crippen LogP contribution >= 0.6 is 112 Å². The first-order valence-electron chi connectivity index (χ1n) is 3.47. The number of alkyl halides is 8. The monoisotopic (exact) mass is 647 g/mol. The Balaban J connectivity index is 3.20. The van der Waals surface area contributed by atoms with Gasteiger partial charge in [-0.15, -0.1) is 0 Å². The third kappa shape index (κ3) is 2.25. The molecule has 0 nitrogen and oxygen atoms in total. The zero-order valence-corrected chi connectivity index (χ0v) is 17.5. The van der Waals surface area contributed by atoms with Crippen molar-refractivity contribution in [3.8, 4) is 0 Å². The fourth-order valence-corrected chi connectivity index (χ4v) is 6.27. The van der Waals surface area contributed by atoms with E-state index in [0.717, 1.165) is 0 Å². The van der Waals surface area contributed by atoms with E-state index in [-0.39, 0.29) is 0 Å². The fraction of sp³-hybridized carbons (Fsp3) is 1.00. The zero-order valence-electron chi connectivity index (χ0n) is 6.44. The summed E-state index contributed by atoms with van der Waals surface area (Å²) < 4.78 is 10.5. The van der Waals surface area contributed by atoms with Crippen LogP contribution in [0.5, 0.6) is 0 Å². The van der Waals surface area contributed by atoms with Crippen LogP contribution in [0.25, 0.3) is 0 Å². The molecule has 0 heterocycles. The standard InChI is InChI=1S/C6H4Br7F/c7-3(8)1-2-4(9,14)6(12,13)5(3,10)11/h1-2H2. The van der Waals surface area contributed by atoms with Crippen molar-refractivity contribution in [2.75, 3.05) is 0 Å². The van der Waals surface area contributed by atoms with E-state index in [1.54, 1.807) is 0 Å². The van der Waals surface area contributed by atoms with E-state index in [2.05, 4.69) is 112 Å². The summed E-state index contributed by atoms with van der Waals surface area (Å²) in [5.74, 6) is 0. The zero-order chi connectivity index (χ0) is 11.4. The van der Waals surface area contributed by atoms with E-state index < -0.39 is 14.3 Å². The second-order valence-electron chi connectivity index (χ2n) is 3.06. The average molecular weight is 654 g/mol. The molecular formula is C6H4Br7F. The van der Waals surface area contributed by atoms with Crippen LogP contribution in [0.3, 0.4) is 0 Å². The lowest BCUT2D eigenvalue weighted by atomic mass is 9.98. The first-order chi connectivity index (χ1) is 5.96. The molecule has 0 aromatic heterocycles. The maximum atomic E-state index is 14.2. The van der Waals surface area contributed by atoms with E-state index in [1.165, 1.54) is 0 Å². The van der Waals surface area contributed by atoms with E-state index in [9.17, 15) is 4.39 Å². The summed E-state index contributed by atoms with van der Waals surface area (Å²) in [6.45, 7) is 0. The van der Waals surface area contributed by atoms with Crippen molar-refractivity contribution in [2.45, 2.75) is 27.1 Å². The second kappa shape index (κ2) is 4.44. The molecule has 0 bridgehead atoms. The lowest BCUT2D eigenvalue weighted by Gasteiger charge is -2.52. The molecule has 0 radical (unpaired) electrons. The summed E-state index contributed by atoms with van der Waals surface area (Å²) in [7, 11) is 0. The van der Waals surface area contributed by atoms with E-state index >= 15 is 0 Å². The van der Waals surface area contributed by atoms with Crippen LogP contribution in [-0.4, -0.2) is 14.3 Å². The van der Waals surface area contributed by atoms with Crippen LogP contribution in [-0.2, 0) is 0 Å². The first-order valence-corrected chi connectivity index (χ1v) is 9.02. The van der Waals surface area contributed by atoms with Gasteiger partial charge in [-0.05, 0) is 28.8 Å². The molecule has 0 saturated heterocycles. The summed E-state index contributed by atoms with van der Waals surface area (Å²) in [6.07, 6.45) is 0.975.